The fourth-order valence-corrected chi connectivity index (χ4v) is 5.22. The van der Waals surface area contributed by atoms with Gasteiger partial charge in [0, 0.05) is 36.3 Å². The van der Waals surface area contributed by atoms with Crippen molar-refractivity contribution in [3.05, 3.63) is 48.5 Å². The van der Waals surface area contributed by atoms with Gasteiger partial charge in [-0.3, -0.25) is 9.59 Å². The lowest BCUT2D eigenvalue weighted by atomic mass is 10.2. The molecule has 3 rings (SSSR count). The summed E-state index contributed by atoms with van der Waals surface area (Å²) >= 11 is 1.32. The molecule has 1 saturated heterocycles. The third-order valence-electron chi connectivity index (χ3n) is 4.36. The van der Waals surface area contributed by atoms with Gasteiger partial charge in [0.15, 0.2) is 0 Å². The number of benzene rings is 2. The summed E-state index contributed by atoms with van der Waals surface area (Å²) in [5.74, 6) is -0.189. The molecular weight excluding hydrogens is 410 g/mol. The van der Waals surface area contributed by atoms with E-state index in [0.29, 0.717) is 24.5 Å². The van der Waals surface area contributed by atoms with Crippen molar-refractivity contribution in [1.82, 2.24) is 4.31 Å². The molecule has 0 aromatic heterocycles. The number of carbonyl (C=O) groups excluding carboxylic acids is 2. The Morgan fingerprint density at radius 3 is 2.24 bits per heavy atom. The van der Waals surface area contributed by atoms with Gasteiger partial charge >= 0.3 is 0 Å². The van der Waals surface area contributed by atoms with E-state index in [1.54, 1.807) is 48.5 Å². The molecule has 2 N–H and O–H groups in total. The second kappa shape index (κ2) is 9.43. The average Bonchev–Trinajstić information content (AvgIpc) is 3.22. The molecule has 0 bridgehead atoms. The highest BCUT2D eigenvalue weighted by atomic mass is 32.2. The van der Waals surface area contributed by atoms with Crippen molar-refractivity contribution >= 4 is 45.0 Å². The van der Waals surface area contributed by atoms with Crippen LogP contribution in [0.2, 0.25) is 0 Å². The SMILES string of the molecule is CC(=O)Nc1cccc(NC(=O)CSc2ccc(S(=O)(=O)N3CCCC3)cc2)c1. The molecule has 29 heavy (non-hydrogen) atoms. The normalized spacial score (nSPS) is 14.5. The number of hydrogen-bond donors (Lipinski definition) is 2. The molecule has 1 fully saturated rings. The predicted molar refractivity (Wildman–Crippen MR) is 115 cm³/mol. The molecule has 0 saturated carbocycles. The molecule has 0 atom stereocenters. The summed E-state index contributed by atoms with van der Waals surface area (Å²) in [6, 6.07) is 13.5. The van der Waals surface area contributed by atoms with Crippen LogP contribution in [0.15, 0.2) is 58.3 Å². The standard InChI is InChI=1S/C20H23N3O4S2/c1-15(24)21-16-5-4-6-17(13-16)22-20(25)14-28-18-7-9-19(10-8-18)29(26,27)23-11-2-3-12-23/h4-10,13H,2-3,11-12,14H2,1H3,(H,21,24)(H,22,25). The molecule has 9 heteroatoms. The molecule has 154 valence electrons. The average molecular weight is 434 g/mol. The number of anilines is 2. The lowest BCUT2D eigenvalue weighted by molar-refractivity contribution is -0.114. The first kappa shape index (κ1) is 21.4. The van der Waals surface area contributed by atoms with Crippen LogP contribution in [0, 0.1) is 0 Å². The highest BCUT2D eigenvalue weighted by Gasteiger charge is 2.26. The highest BCUT2D eigenvalue weighted by molar-refractivity contribution is 8.00. The van der Waals surface area contributed by atoms with E-state index in [1.165, 1.54) is 23.0 Å². The van der Waals surface area contributed by atoms with Gasteiger partial charge < -0.3 is 10.6 Å². The number of thioether (sulfide) groups is 1. The van der Waals surface area contributed by atoms with Gasteiger partial charge in [0.2, 0.25) is 21.8 Å². The van der Waals surface area contributed by atoms with Gasteiger partial charge in [0.25, 0.3) is 0 Å². The number of amides is 2. The molecule has 0 radical (unpaired) electrons. The summed E-state index contributed by atoms with van der Waals surface area (Å²) < 4.78 is 26.6. The Morgan fingerprint density at radius 2 is 1.62 bits per heavy atom. The molecule has 1 heterocycles. The smallest absolute Gasteiger partial charge is 0.243 e. The zero-order valence-electron chi connectivity index (χ0n) is 16.1. The molecule has 1 aliphatic heterocycles. The van der Waals surface area contributed by atoms with E-state index in [4.69, 9.17) is 0 Å². The summed E-state index contributed by atoms with van der Waals surface area (Å²) in [5, 5.41) is 5.45. The number of sulfonamides is 1. The molecule has 2 amide bonds. The summed E-state index contributed by atoms with van der Waals surface area (Å²) in [4.78, 5) is 24.4. The molecule has 0 aliphatic carbocycles. The maximum absolute atomic E-state index is 12.5. The van der Waals surface area contributed by atoms with Gasteiger partial charge in [-0.15, -0.1) is 11.8 Å². The fourth-order valence-electron chi connectivity index (χ4n) is 3.01. The first-order valence-electron chi connectivity index (χ1n) is 9.25. The number of carbonyl (C=O) groups is 2. The Kier molecular flexibility index (Phi) is 6.94. The summed E-state index contributed by atoms with van der Waals surface area (Å²) in [6.45, 7) is 2.56. The van der Waals surface area contributed by atoms with Gasteiger partial charge in [-0.05, 0) is 55.3 Å². The predicted octanol–water partition coefficient (Wildman–Crippen LogP) is 3.16. The van der Waals surface area contributed by atoms with Gasteiger partial charge in [-0.1, -0.05) is 6.07 Å². The number of nitrogens with zero attached hydrogens (tertiary/aromatic N) is 1. The van der Waals surface area contributed by atoms with Crippen molar-refractivity contribution in [2.75, 3.05) is 29.5 Å². The van der Waals surface area contributed by atoms with Crippen LogP contribution in [-0.2, 0) is 19.6 Å². The Labute approximate surface area is 174 Å². The summed E-state index contributed by atoms with van der Waals surface area (Å²) in [5.41, 5.74) is 1.20. The third kappa shape index (κ3) is 5.81. The lowest BCUT2D eigenvalue weighted by Gasteiger charge is -2.15. The largest absolute Gasteiger partial charge is 0.326 e. The van der Waals surface area contributed by atoms with Crippen molar-refractivity contribution < 1.29 is 18.0 Å². The van der Waals surface area contributed by atoms with E-state index >= 15 is 0 Å². The number of hydrogen-bond acceptors (Lipinski definition) is 5. The van der Waals surface area contributed by atoms with Gasteiger partial charge in [0.1, 0.15) is 0 Å². The van der Waals surface area contributed by atoms with Crippen LogP contribution in [0.25, 0.3) is 0 Å². The minimum Gasteiger partial charge on any atom is -0.326 e. The molecule has 2 aromatic carbocycles. The Bertz CT molecular complexity index is 985. The van der Waals surface area contributed by atoms with Crippen molar-refractivity contribution in [3.8, 4) is 0 Å². The molecule has 0 spiro atoms. The number of rotatable bonds is 7. The van der Waals surface area contributed by atoms with Gasteiger partial charge in [-0.25, -0.2) is 8.42 Å². The van der Waals surface area contributed by atoms with Crippen LogP contribution in [-0.4, -0.2) is 43.4 Å². The van der Waals surface area contributed by atoms with Crippen molar-refractivity contribution in [1.29, 1.82) is 0 Å². The maximum Gasteiger partial charge on any atom is 0.243 e. The maximum atomic E-state index is 12.5. The van der Waals surface area contributed by atoms with Crippen molar-refractivity contribution in [3.63, 3.8) is 0 Å². The second-order valence-electron chi connectivity index (χ2n) is 6.68. The Balaban J connectivity index is 1.55. The van der Waals surface area contributed by atoms with E-state index in [9.17, 15) is 18.0 Å². The molecule has 0 unspecified atom stereocenters. The van der Waals surface area contributed by atoms with Crippen molar-refractivity contribution in [2.24, 2.45) is 0 Å². The lowest BCUT2D eigenvalue weighted by Crippen LogP contribution is -2.27. The molecule has 2 aromatic rings. The summed E-state index contributed by atoms with van der Waals surface area (Å²) in [6.07, 6.45) is 1.80. The first-order valence-corrected chi connectivity index (χ1v) is 11.7. The van der Waals surface area contributed by atoms with Crippen LogP contribution >= 0.6 is 11.8 Å². The van der Waals surface area contributed by atoms with Crippen LogP contribution in [0.4, 0.5) is 11.4 Å². The molecule has 1 aliphatic rings. The third-order valence-corrected chi connectivity index (χ3v) is 7.29. The van der Waals surface area contributed by atoms with E-state index < -0.39 is 10.0 Å². The summed E-state index contributed by atoms with van der Waals surface area (Å²) in [7, 11) is -3.43. The van der Waals surface area contributed by atoms with Crippen molar-refractivity contribution in [2.45, 2.75) is 29.6 Å². The monoisotopic (exact) mass is 433 g/mol. The van der Waals surface area contributed by atoms with Gasteiger partial charge in [0.05, 0.1) is 10.6 Å². The van der Waals surface area contributed by atoms with Crippen LogP contribution in [0.5, 0.6) is 0 Å². The zero-order chi connectivity index (χ0) is 20.9. The van der Waals surface area contributed by atoms with Crippen LogP contribution in [0.1, 0.15) is 19.8 Å². The van der Waals surface area contributed by atoms with Crippen LogP contribution in [0.3, 0.4) is 0 Å². The highest BCUT2D eigenvalue weighted by Crippen LogP contribution is 2.24. The first-order chi connectivity index (χ1) is 13.8. The van der Waals surface area contributed by atoms with E-state index in [-0.39, 0.29) is 22.5 Å². The Morgan fingerprint density at radius 1 is 1.00 bits per heavy atom. The minimum atomic E-state index is -3.43. The van der Waals surface area contributed by atoms with E-state index in [2.05, 4.69) is 10.6 Å². The van der Waals surface area contributed by atoms with Gasteiger partial charge in [-0.2, -0.15) is 4.31 Å². The zero-order valence-corrected chi connectivity index (χ0v) is 17.7. The Hall–Kier alpha value is -2.36. The number of nitrogens with one attached hydrogen (secondary N) is 2. The fraction of sp³-hybridized carbons (Fsp3) is 0.300. The topological polar surface area (TPSA) is 95.6 Å². The van der Waals surface area contributed by atoms with E-state index in [0.717, 1.165) is 17.7 Å². The quantitative estimate of drug-likeness (QED) is 0.654. The molecule has 7 nitrogen and oxygen atoms in total. The minimum absolute atomic E-state index is 0.181. The van der Waals surface area contributed by atoms with E-state index in [1.807, 2.05) is 0 Å². The van der Waals surface area contributed by atoms with Crippen LogP contribution < -0.4 is 10.6 Å². The molecular formula is C20H23N3O4S2. The second-order valence-corrected chi connectivity index (χ2v) is 9.67.